The molecule has 1 aliphatic heterocycles. The van der Waals surface area contributed by atoms with E-state index in [1.54, 1.807) is 18.2 Å². The lowest BCUT2D eigenvalue weighted by atomic mass is 10.2. The average molecular weight is 397 g/mol. The van der Waals surface area contributed by atoms with Crippen LogP contribution in [0.4, 0.5) is 5.69 Å². The van der Waals surface area contributed by atoms with Gasteiger partial charge in [-0.2, -0.15) is 4.31 Å². The molecule has 1 N–H and O–H groups in total. The van der Waals surface area contributed by atoms with Crippen molar-refractivity contribution in [2.75, 3.05) is 18.4 Å². The van der Waals surface area contributed by atoms with Crippen LogP contribution in [0.5, 0.6) is 0 Å². The molecule has 0 aliphatic carbocycles. The molecule has 1 aromatic heterocycles. The SMILES string of the molecule is Cc1cc(Cl)ccc1NC(=O)Cn1cnc(S(=O)(=O)N2CCCCC2)c1. The lowest BCUT2D eigenvalue weighted by molar-refractivity contribution is -0.116. The van der Waals surface area contributed by atoms with Gasteiger partial charge < -0.3 is 9.88 Å². The van der Waals surface area contributed by atoms with Gasteiger partial charge in [0.05, 0.1) is 6.33 Å². The number of hydrogen-bond acceptors (Lipinski definition) is 4. The van der Waals surface area contributed by atoms with E-state index in [1.165, 1.54) is 21.4 Å². The second kappa shape index (κ2) is 7.77. The molecular formula is C17H21ClN4O3S. The molecule has 0 spiro atoms. The van der Waals surface area contributed by atoms with E-state index in [-0.39, 0.29) is 17.5 Å². The Morgan fingerprint density at radius 3 is 2.69 bits per heavy atom. The van der Waals surface area contributed by atoms with Crippen LogP contribution in [0.25, 0.3) is 0 Å². The van der Waals surface area contributed by atoms with Crippen molar-refractivity contribution in [3.8, 4) is 0 Å². The number of carbonyl (C=O) groups excluding carboxylic acids is 1. The smallest absolute Gasteiger partial charge is 0.262 e. The Bertz CT molecular complexity index is 904. The van der Waals surface area contributed by atoms with Crippen molar-refractivity contribution in [3.05, 3.63) is 41.3 Å². The number of imidazole rings is 1. The number of hydrogen-bond donors (Lipinski definition) is 1. The molecule has 1 amide bonds. The maximum atomic E-state index is 12.6. The van der Waals surface area contributed by atoms with Crippen molar-refractivity contribution in [2.24, 2.45) is 0 Å². The molecule has 0 radical (unpaired) electrons. The van der Waals surface area contributed by atoms with Crippen LogP contribution in [0, 0.1) is 6.92 Å². The Balaban J connectivity index is 1.67. The molecule has 7 nitrogen and oxygen atoms in total. The highest BCUT2D eigenvalue weighted by atomic mass is 35.5. The topological polar surface area (TPSA) is 84.3 Å². The largest absolute Gasteiger partial charge is 0.327 e. The molecule has 3 rings (SSSR count). The number of carbonyl (C=O) groups is 1. The Hall–Kier alpha value is -1.90. The summed E-state index contributed by atoms with van der Waals surface area (Å²) in [6, 6.07) is 5.19. The van der Waals surface area contributed by atoms with Gasteiger partial charge in [-0.15, -0.1) is 0 Å². The Morgan fingerprint density at radius 1 is 1.27 bits per heavy atom. The van der Waals surface area contributed by atoms with E-state index < -0.39 is 10.0 Å². The predicted molar refractivity (Wildman–Crippen MR) is 99.7 cm³/mol. The van der Waals surface area contributed by atoms with Crippen LogP contribution in [-0.4, -0.2) is 41.3 Å². The highest BCUT2D eigenvalue weighted by Gasteiger charge is 2.28. The van der Waals surface area contributed by atoms with Crippen molar-refractivity contribution >= 4 is 33.2 Å². The number of aryl methyl sites for hydroxylation is 1. The normalized spacial score (nSPS) is 15.8. The monoisotopic (exact) mass is 396 g/mol. The first-order valence-electron chi connectivity index (χ1n) is 8.44. The molecule has 2 heterocycles. The summed E-state index contributed by atoms with van der Waals surface area (Å²) in [6.07, 6.45) is 5.54. The molecule has 0 atom stereocenters. The number of halogens is 1. The molecule has 140 valence electrons. The van der Waals surface area contributed by atoms with Gasteiger partial charge in [0.15, 0.2) is 5.03 Å². The predicted octanol–water partition coefficient (Wildman–Crippen LogP) is 2.66. The van der Waals surface area contributed by atoms with E-state index in [0.717, 1.165) is 24.8 Å². The summed E-state index contributed by atoms with van der Waals surface area (Å²) in [5.41, 5.74) is 1.52. The molecule has 9 heteroatoms. The molecule has 1 fully saturated rings. The molecule has 1 aliphatic rings. The fraction of sp³-hybridized carbons (Fsp3) is 0.412. The number of aromatic nitrogens is 2. The van der Waals surface area contributed by atoms with Crippen LogP contribution in [-0.2, 0) is 21.4 Å². The summed E-state index contributed by atoms with van der Waals surface area (Å²) >= 11 is 5.91. The first kappa shape index (κ1) is 18.9. The second-order valence-electron chi connectivity index (χ2n) is 6.36. The van der Waals surface area contributed by atoms with Gasteiger partial charge in [-0.1, -0.05) is 18.0 Å². The number of anilines is 1. The molecule has 0 unspecified atom stereocenters. The summed E-state index contributed by atoms with van der Waals surface area (Å²) in [6.45, 7) is 2.86. The standard InChI is InChI=1S/C17H21ClN4O3S/c1-13-9-14(18)5-6-15(13)20-16(23)10-21-11-17(19-12-21)26(24,25)22-7-3-2-4-8-22/h5-6,9,11-12H,2-4,7-8,10H2,1H3,(H,20,23). The molecule has 2 aromatic rings. The summed E-state index contributed by atoms with van der Waals surface area (Å²) < 4.78 is 28.1. The number of rotatable bonds is 5. The Kier molecular flexibility index (Phi) is 5.64. The van der Waals surface area contributed by atoms with Crippen molar-refractivity contribution < 1.29 is 13.2 Å². The quantitative estimate of drug-likeness (QED) is 0.842. The van der Waals surface area contributed by atoms with Gasteiger partial charge in [0.25, 0.3) is 10.0 Å². The Morgan fingerprint density at radius 2 is 2.00 bits per heavy atom. The first-order valence-corrected chi connectivity index (χ1v) is 10.3. The minimum Gasteiger partial charge on any atom is -0.327 e. The van der Waals surface area contributed by atoms with E-state index in [1.807, 2.05) is 6.92 Å². The zero-order valence-corrected chi connectivity index (χ0v) is 16.1. The lowest BCUT2D eigenvalue weighted by Crippen LogP contribution is -2.35. The van der Waals surface area contributed by atoms with Gasteiger partial charge >= 0.3 is 0 Å². The molecule has 0 bridgehead atoms. The molecule has 1 saturated heterocycles. The van der Waals surface area contributed by atoms with Crippen molar-refractivity contribution in [2.45, 2.75) is 37.8 Å². The summed E-state index contributed by atoms with van der Waals surface area (Å²) in [7, 11) is -3.59. The van der Waals surface area contributed by atoms with Gasteiger partial charge in [-0.05, 0) is 43.5 Å². The summed E-state index contributed by atoms with van der Waals surface area (Å²) in [5.74, 6) is -0.269. The Labute approximate surface area is 158 Å². The zero-order valence-electron chi connectivity index (χ0n) is 14.5. The van der Waals surface area contributed by atoms with Crippen LogP contribution >= 0.6 is 11.6 Å². The van der Waals surface area contributed by atoms with Crippen LogP contribution < -0.4 is 5.32 Å². The van der Waals surface area contributed by atoms with Crippen LogP contribution in [0.15, 0.2) is 35.7 Å². The maximum Gasteiger partial charge on any atom is 0.262 e. The van der Waals surface area contributed by atoms with Crippen LogP contribution in [0.1, 0.15) is 24.8 Å². The molecule has 1 aromatic carbocycles. The fourth-order valence-electron chi connectivity index (χ4n) is 2.92. The maximum absolute atomic E-state index is 12.6. The first-order chi connectivity index (χ1) is 12.4. The highest BCUT2D eigenvalue weighted by Crippen LogP contribution is 2.20. The minimum atomic E-state index is -3.59. The molecule has 26 heavy (non-hydrogen) atoms. The minimum absolute atomic E-state index is 0.0186. The van der Waals surface area contributed by atoms with E-state index in [9.17, 15) is 13.2 Å². The van der Waals surface area contributed by atoms with Crippen molar-refractivity contribution in [3.63, 3.8) is 0 Å². The number of nitrogens with zero attached hydrogens (tertiary/aromatic N) is 3. The number of nitrogens with one attached hydrogen (secondary N) is 1. The molecular weight excluding hydrogens is 376 g/mol. The van der Waals surface area contributed by atoms with Gasteiger partial charge in [-0.25, -0.2) is 13.4 Å². The van der Waals surface area contributed by atoms with Gasteiger partial charge in [0.2, 0.25) is 5.91 Å². The van der Waals surface area contributed by atoms with Gasteiger partial charge in [0, 0.05) is 30.0 Å². The van der Waals surface area contributed by atoms with E-state index in [2.05, 4.69) is 10.3 Å². The zero-order chi connectivity index (χ0) is 18.7. The highest BCUT2D eigenvalue weighted by molar-refractivity contribution is 7.89. The van der Waals surface area contributed by atoms with E-state index in [0.29, 0.717) is 23.8 Å². The average Bonchev–Trinajstić information content (AvgIpc) is 3.07. The summed E-state index contributed by atoms with van der Waals surface area (Å²) in [4.78, 5) is 16.2. The number of sulfonamides is 1. The van der Waals surface area contributed by atoms with Crippen LogP contribution in [0.2, 0.25) is 5.02 Å². The van der Waals surface area contributed by atoms with Gasteiger partial charge in [-0.3, -0.25) is 4.79 Å². The molecule has 0 saturated carbocycles. The van der Waals surface area contributed by atoms with Crippen LogP contribution in [0.3, 0.4) is 0 Å². The van der Waals surface area contributed by atoms with Crippen molar-refractivity contribution in [1.82, 2.24) is 13.9 Å². The fourth-order valence-corrected chi connectivity index (χ4v) is 4.60. The second-order valence-corrected chi connectivity index (χ2v) is 8.68. The third-order valence-electron chi connectivity index (χ3n) is 4.32. The third-order valence-corrected chi connectivity index (χ3v) is 6.34. The summed E-state index contributed by atoms with van der Waals surface area (Å²) in [5, 5.41) is 3.37. The number of benzene rings is 1. The third kappa shape index (κ3) is 4.25. The number of piperidine rings is 1. The lowest BCUT2D eigenvalue weighted by Gasteiger charge is -2.24. The van der Waals surface area contributed by atoms with Gasteiger partial charge in [0.1, 0.15) is 6.54 Å². The van der Waals surface area contributed by atoms with Crippen molar-refractivity contribution in [1.29, 1.82) is 0 Å². The number of amides is 1. The van der Waals surface area contributed by atoms with E-state index >= 15 is 0 Å². The van der Waals surface area contributed by atoms with E-state index in [4.69, 9.17) is 11.6 Å².